The van der Waals surface area contributed by atoms with Gasteiger partial charge >= 0.3 is 37.7 Å². The van der Waals surface area contributed by atoms with Gasteiger partial charge in [-0.05, 0) is 77.0 Å². The summed E-state index contributed by atoms with van der Waals surface area (Å²) in [4.78, 5) is 0. The average Bonchev–Trinajstić information content (AvgIpc) is 2.90. The molecule has 4 aliphatic heterocycles. The standard InChI is InChI=1S/C6H4Br.4C5H10O.Ca.HI/c7-6-4-2-1-3-5-6;4*1-2-4-6-5-3-1;;/h2-5H;4*1-5H2;;1H/q-1;;;;;+2;/p-1. The minimum atomic E-state index is 0. The predicted molar refractivity (Wildman–Crippen MR) is 137 cm³/mol. The van der Waals surface area contributed by atoms with E-state index >= 15 is 0 Å². The molecule has 0 bridgehead atoms. The van der Waals surface area contributed by atoms with Crippen molar-refractivity contribution in [3.05, 3.63) is 34.8 Å². The molecule has 0 spiro atoms. The van der Waals surface area contributed by atoms with Crippen LogP contribution in [0.25, 0.3) is 0 Å². The first-order valence-corrected chi connectivity index (χ1v) is 13.1. The van der Waals surface area contributed by atoms with Crippen molar-refractivity contribution in [3.63, 3.8) is 0 Å². The van der Waals surface area contributed by atoms with E-state index in [2.05, 4.69) is 22.0 Å². The second-order valence-electron chi connectivity index (χ2n) is 7.91. The van der Waals surface area contributed by atoms with Crippen LogP contribution in [0.5, 0.6) is 0 Å². The third-order valence-electron chi connectivity index (χ3n) is 4.99. The van der Waals surface area contributed by atoms with E-state index in [1.54, 1.807) is 0 Å². The van der Waals surface area contributed by atoms with Gasteiger partial charge in [-0.25, -0.2) is 0 Å². The maximum absolute atomic E-state index is 5.07. The maximum Gasteiger partial charge on any atom is 2.00 e. The molecule has 4 saturated heterocycles. The molecule has 5 rings (SSSR count). The van der Waals surface area contributed by atoms with E-state index in [4.69, 9.17) is 18.9 Å². The minimum Gasteiger partial charge on any atom is -1.00 e. The molecule has 4 nitrogen and oxygen atoms in total. The average molecular weight is 668 g/mol. The minimum absolute atomic E-state index is 0. The maximum atomic E-state index is 5.07. The van der Waals surface area contributed by atoms with E-state index < -0.39 is 0 Å². The van der Waals surface area contributed by atoms with Gasteiger partial charge in [-0.1, -0.05) is 20.4 Å². The van der Waals surface area contributed by atoms with E-state index in [1.807, 2.05) is 24.3 Å². The van der Waals surface area contributed by atoms with Gasteiger partial charge in [0.1, 0.15) is 0 Å². The van der Waals surface area contributed by atoms with Crippen molar-refractivity contribution in [2.45, 2.75) is 77.0 Å². The predicted octanol–water partition coefficient (Wildman–Crippen LogP) is 3.62. The van der Waals surface area contributed by atoms with Crippen molar-refractivity contribution in [1.82, 2.24) is 0 Å². The fraction of sp³-hybridized carbons (Fsp3) is 0.769. The summed E-state index contributed by atoms with van der Waals surface area (Å²) < 4.78 is 21.4. The number of hydrogen-bond donors (Lipinski definition) is 0. The fourth-order valence-corrected chi connectivity index (χ4v) is 3.38. The summed E-state index contributed by atoms with van der Waals surface area (Å²) in [7, 11) is 0. The Bertz CT molecular complexity index is 361. The summed E-state index contributed by atoms with van der Waals surface area (Å²) in [6, 6.07) is 10.5. The second-order valence-corrected chi connectivity index (χ2v) is 8.83. The Morgan fingerprint density at radius 2 is 0.727 bits per heavy atom. The molecule has 0 aromatic heterocycles. The topological polar surface area (TPSA) is 36.9 Å². The largest absolute Gasteiger partial charge is 2.00 e. The molecule has 7 heteroatoms. The van der Waals surface area contributed by atoms with Crippen molar-refractivity contribution in [3.8, 4) is 0 Å². The summed E-state index contributed by atoms with van der Waals surface area (Å²) in [5, 5.41) is 0. The van der Waals surface area contributed by atoms with Gasteiger partial charge in [0.05, 0.1) is 0 Å². The number of ether oxygens (including phenoxy) is 4. The Kier molecular flexibility index (Phi) is 35.1. The Morgan fingerprint density at radius 3 is 0.818 bits per heavy atom. The third kappa shape index (κ3) is 29.6. The number of benzene rings is 1. The van der Waals surface area contributed by atoms with Crippen LogP contribution in [0.2, 0.25) is 0 Å². The molecule has 0 N–H and O–H groups in total. The SMILES string of the molecule is Brc1cc[c-]cc1.C1CCOCC1.C1CCOCC1.C1CCOCC1.C1CCOCC1.[Ca+2].[I-]. The number of hydrogen-bond acceptors (Lipinski definition) is 4. The van der Waals surface area contributed by atoms with E-state index in [-0.39, 0.29) is 61.7 Å². The van der Waals surface area contributed by atoms with Crippen LogP contribution in [-0.4, -0.2) is 90.6 Å². The molecule has 4 heterocycles. The van der Waals surface area contributed by atoms with Gasteiger partial charge in [0.25, 0.3) is 0 Å². The molecule has 1 aromatic carbocycles. The van der Waals surface area contributed by atoms with E-state index in [0.29, 0.717) is 0 Å². The zero-order valence-corrected chi connectivity index (χ0v) is 26.5. The van der Waals surface area contributed by atoms with Gasteiger partial charge in [-0.15, -0.1) is 0 Å². The molecule has 0 amide bonds. The van der Waals surface area contributed by atoms with Gasteiger partial charge in [-0.3, -0.25) is 0 Å². The molecule has 0 saturated carbocycles. The van der Waals surface area contributed by atoms with Crippen molar-refractivity contribution in [1.29, 1.82) is 0 Å². The fourth-order valence-electron chi connectivity index (χ4n) is 3.11. The Balaban J connectivity index is 0. The van der Waals surface area contributed by atoms with Gasteiger partial charge < -0.3 is 42.9 Å². The first-order valence-electron chi connectivity index (χ1n) is 12.3. The van der Waals surface area contributed by atoms with Crippen molar-refractivity contribution in [2.75, 3.05) is 52.9 Å². The zero-order valence-electron chi connectivity index (χ0n) is 20.5. The summed E-state index contributed by atoms with van der Waals surface area (Å²) >= 11 is 3.29. The molecule has 188 valence electrons. The van der Waals surface area contributed by atoms with Crippen LogP contribution in [0.15, 0.2) is 28.7 Å². The quantitative estimate of drug-likeness (QED) is 0.241. The molecule has 0 unspecified atom stereocenters. The van der Waals surface area contributed by atoms with Crippen LogP contribution in [0.4, 0.5) is 0 Å². The molecule has 33 heavy (non-hydrogen) atoms. The summed E-state index contributed by atoms with van der Waals surface area (Å²) in [5.74, 6) is 0. The van der Waals surface area contributed by atoms with Crippen LogP contribution in [0, 0.1) is 6.07 Å². The van der Waals surface area contributed by atoms with Gasteiger partial charge in [0.2, 0.25) is 0 Å². The number of halogens is 2. The molecule has 1 aromatic rings. The van der Waals surface area contributed by atoms with Crippen molar-refractivity contribution < 1.29 is 42.9 Å². The van der Waals surface area contributed by atoms with E-state index in [9.17, 15) is 0 Å². The van der Waals surface area contributed by atoms with E-state index in [0.717, 1.165) is 57.3 Å². The summed E-state index contributed by atoms with van der Waals surface area (Å²) in [6.45, 7) is 8.00. The van der Waals surface area contributed by atoms with Crippen LogP contribution in [0.3, 0.4) is 0 Å². The molecule has 4 aliphatic rings. The Hall–Kier alpha value is 1.53. The van der Waals surface area contributed by atoms with Crippen LogP contribution >= 0.6 is 15.9 Å². The summed E-state index contributed by atoms with van der Waals surface area (Å²) in [5.41, 5.74) is 0. The first kappa shape index (κ1) is 36.7. The zero-order chi connectivity index (χ0) is 22.1. The smallest absolute Gasteiger partial charge is 1.00 e. The molecule has 4 fully saturated rings. The van der Waals surface area contributed by atoms with Gasteiger partial charge in [-0.2, -0.15) is 30.3 Å². The first-order chi connectivity index (χ1) is 15.4. The molecule has 0 radical (unpaired) electrons. The van der Waals surface area contributed by atoms with Gasteiger partial charge in [0.15, 0.2) is 0 Å². The number of rotatable bonds is 0. The van der Waals surface area contributed by atoms with Crippen LogP contribution < -0.4 is 24.0 Å². The van der Waals surface area contributed by atoms with E-state index in [1.165, 1.54) is 77.0 Å². The Labute approximate surface area is 258 Å². The second kappa shape index (κ2) is 31.6. The van der Waals surface area contributed by atoms with Crippen molar-refractivity contribution in [2.24, 2.45) is 0 Å². The molecule has 0 aliphatic carbocycles. The Morgan fingerprint density at radius 1 is 0.485 bits per heavy atom. The van der Waals surface area contributed by atoms with Crippen LogP contribution in [-0.2, 0) is 18.9 Å². The normalized spacial score (nSPS) is 19.3. The van der Waals surface area contributed by atoms with Crippen molar-refractivity contribution >= 4 is 53.7 Å². The third-order valence-corrected chi connectivity index (χ3v) is 5.52. The van der Waals surface area contributed by atoms with Crippen LogP contribution in [0.1, 0.15) is 77.0 Å². The monoisotopic (exact) mass is 666 g/mol. The van der Waals surface area contributed by atoms with Gasteiger partial charge in [0, 0.05) is 52.9 Å². The molecular weight excluding hydrogens is 623 g/mol. The molecule has 0 atom stereocenters. The summed E-state index contributed by atoms with van der Waals surface area (Å²) in [6.07, 6.45) is 15.7. The molecular formula is C26H44BrCaIO4.